The van der Waals surface area contributed by atoms with Crippen molar-refractivity contribution in [2.45, 2.75) is 39.7 Å². The number of benzene rings is 2. The van der Waals surface area contributed by atoms with E-state index in [1.54, 1.807) is 48.5 Å². The molecule has 0 aromatic heterocycles. The molecule has 8 heteroatoms. The molecule has 2 rings (SSSR count). The number of carbonyl (C=O) groups excluding carboxylic acids is 4. The Hall–Kier alpha value is -3.94. The number of ether oxygens (including phenoxy) is 4. The minimum Gasteiger partial charge on any atom is -0.462 e. The third kappa shape index (κ3) is 8.98. The van der Waals surface area contributed by atoms with E-state index in [2.05, 4.69) is 0 Å². The van der Waals surface area contributed by atoms with E-state index in [0.717, 1.165) is 11.1 Å². The number of hydrogen-bond acceptors (Lipinski definition) is 8. The zero-order chi connectivity index (χ0) is 24.4. The highest BCUT2D eigenvalue weighted by Crippen LogP contribution is 2.28. The summed E-state index contributed by atoms with van der Waals surface area (Å²) >= 11 is 0. The van der Waals surface area contributed by atoms with E-state index >= 15 is 0 Å². The van der Waals surface area contributed by atoms with Crippen LogP contribution in [0.25, 0.3) is 6.08 Å². The number of carbonyl (C=O) groups is 4. The predicted molar refractivity (Wildman–Crippen MR) is 119 cm³/mol. The number of hydrogen-bond donors (Lipinski definition) is 0. The van der Waals surface area contributed by atoms with E-state index in [0.29, 0.717) is 11.5 Å². The molecule has 0 fully saturated rings. The van der Waals surface area contributed by atoms with Gasteiger partial charge in [0, 0.05) is 33.6 Å². The van der Waals surface area contributed by atoms with Crippen LogP contribution in [0, 0.1) is 0 Å². The molecule has 8 nitrogen and oxygen atoms in total. The summed E-state index contributed by atoms with van der Waals surface area (Å²) in [5, 5.41) is 0. The molecule has 0 saturated heterocycles. The second kappa shape index (κ2) is 12.2. The Kier molecular flexibility index (Phi) is 9.35. The SMILES string of the molecule is CC(=O)OC[C@@H](OC(C)=O)[C@@H](/C=C/c1ccc(OC(C)=O)cc1)c1ccc(OC(C)=O)cc1. The lowest BCUT2D eigenvalue weighted by molar-refractivity contribution is -0.157. The van der Waals surface area contributed by atoms with Crippen molar-refractivity contribution in [3.05, 3.63) is 65.7 Å². The molecule has 0 aliphatic carbocycles. The monoisotopic (exact) mass is 454 g/mol. The summed E-state index contributed by atoms with van der Waals surface area (Å²) in [6, 6.07) is 13.6. The largest absolute Gasteiger partial charge is 0.462 e. The lowest BCUT2D eigenvalue weighted by Crippen LogP contribution is -2.29. The Balaban J connectivity index is 2.36. The van der Waals surface area contributed by atoms with Crippen LogP contribution in [0.5, 0.6) is 11.5 Å². The van der Waals surface area contributed by atoms with Gasteiger partial charge in [0.15, 0.2) is 0 Å². The van der Waals surface area contributed by atoms with Crippen LogP contribution < -0.4 is 9.47 Å². The Morgan fingerprint density at radius 1 is 0.727 bits per heavy atom. The summed E-state index contributed by atoms with van der Waals surface area (Å²) in [5.74, 6) is -1.56. The summed E-state index contributed by atoms with van der Waals surface area (Å²) in [6.07, 6.45) is 2.84. The van der Waals surface area contributed by atoms with E-state index in [1.807, 2.05) is 12.2 Å². The fourth-order valence-corrected chi connectivity index (χ4v) is 3.03. The van der Waals surface area contributed by atoms with Gasteiger partial charge in [-0.1, -0.05) is 36.4 Å². The van der Waals surface area contributed by atoms with Gasteiger partial charge in [0.05, 0.1) is 0 Å². The van der Waals surface area contributed by atoms with Crippen molar-refractivity contribution < 1.29 is 38.1 Å². The van der Waals surface area contributed by atoms with Gasteiger partial charge in [-0.25, -0.2) is 0 Å². The van der Waals surface area contributed by atoms with Gasteiger partial charge in [0.2, 0.25) is 0 Å². The normalized spacial score (nSPS) is 12.5. The highest BCUT2D eigenvalue weighted by molar-refractivity contribution is 5.70. The smallest absolute Gasteiger partial charge is 0.308 e. The molecular weight excluding hydrogens is 428 g/mol. The van der Waals surface area contributed by atoms with E-state index in [-0.39, 0.29) is 6.61 Å². The van der Waals surface area contributed by atoms with Crippen molar-refractivity contribution in [1.29, 1.82) is 0 Å². The third-order valence-corrected chi connectivity index (χ3v) is 4.33. The molecule has 2 aromatic rings. The van der Waals surface area contributed by atoms with E-state index < -0.39 is 35.9 Å². The highest BCUT2D eigenvalue weighted by atomic mass is 16.6. The van der Waals surface area contributed by atoms with Crippen LogP contribution in [0.15, 0.2) is 54.6 Å². The first-order valence-electron chi connectivity index (χ1n) is 10.2. The van der Waals surface area contributed by atoms with Crippen molar-refractivity contribution in [3.63, 3.8) is 0 Å². The lowest BCUT2D eigenvalue weighted by atomic mass is 9.92. The standard InChI is InChI=1S/C25H26O8/c1-16(26)30-15-25(33-19(4)29)24(21-8-12-23(13-9-21)32-18(3)28)14-7-20-5-10-22(11-6-20)31-17(2)27/h5-14,24-25H,15H2,1-4H3/b14-7+/t24-,25+/m0/s1. The summed E-state index contributed by atoms with van der Waals surface area (Å²) in [5.41, 5.74) is 1.55. The first-order valence-corrected chi connectivity index (χ1v) is 10.2. The van der Waals surface area contributed by atoms with E-state index in [4.69, 9.17) is 18.9 Å². The second-order valence-corrected chi connectivity index (χ2v) is 7.16. The third-order valence-electron chi connectivity index (χ3n) is 4.33. The van der Waals surface area contributed by atoms with Gasteiger partial charge in [-0.05, 0) is 35.4 Å². The number of rotatable bonds is 9. The Bertz CT molecular complexity index is 1010. The minimum absolute atomic E-state index is 0.138. The van der Waals surface area contributed by atoms with Gasteiger partial charge in [-0.3, -0.25) is 19.2 Å². The predicted octanol–water partition coefficient (Wildman–Crippen LogP) is 3.83. The van der Waals surface area contributed by atoms with E-state index in [9.17, 15) is 19.2 Å². The van der Waals surface area contributed by atoms with Crippen LogP contribution >= 0.6 is 0 Å². The topological polar surface area (TPSA) is 105 Å². The Morgan fingerprint density at radius 2 is 1.24 bits per heavy atom. The van der Waals surface area contributed by atoms with Crippen molar-refractivity contribution in [1.82, 2.24) is 0 Å². The second-order valence-electron chi connectivity index (χ2n) is 7.16. The Labute approximate surface area is 192 Å². The van der Waals surface area contributed by atoms with Crippen LogP contribution in [-0.2, 0) is 28.7 Å². The van der Waals surface area contributed by atoms with Crippen molar-refractivity contribution in [2.75, 3.05) is 6.61 Å². The molecule has 0 spiro atoms. The van der Waals surface area contributed by atoms with Crippen LogP contribution in [0.3, 0.4) is 0 Å². The maximum Gasteiger partial charge on any atom is 0.308 e. The molecular formula is C25H26O8. The average Bonchev–Trinajstić information content (AvgIpc) is 2.73. The van der Waals surface area contributed by atoms with Crippen LogP contribution in [0.1, 0.15) is 44.7 Å². The van der Waals surface area contributed by atoms with Gasteiger partial charge in [0.1, 0.15) is 24.2 Å². The van der Waals surface area contributed by atoms with Crippen LogP contribution in [0.2, 0.25) is 0 Å². The molecule has 0 unspecified atom stereocenters. The molecule has 0 amide bonds. The van der Waals surface area contributed by atoms with Gasteiger partial charge < -0.3 is 18.9 Å². The fourth-order valence-electron chi connectivity index (χ4n) is 3.03. The molecule has 0 N–H and O–H groups in total. The van der Waals surface area contributed by atoms with Crippen molar-refractivity contribution in [2.24, 2.45) is 0 Å². The van der Waals surface area contributed by atoms with Gasteiger partial charge in [0.25, 0.3) is 0 Å². The lowest BCUT2D eigenvalue weighted by Gasteiger charge is -2.24. The first kappa shape index (κ1) is 25.3. The summed E-state index contributed by atoms with van der Waals surface area (Å²) < 4.78 is 20.7. The summed E-state index contributed by atoms with van der Waals surface area (Å²) in [4.78, 5) is 45.4. The van der Waals surface area contributed by atoms with Crippen molar-refractivity contribution >= 4 is 30.0 Å². The van der Waals surface area contributed by atoms with Crippen LogP contribution in [0.4, 0.5) is 0 Å². The zero-order valence-corrected chi connectivity index (χ0v) is 18.9. The number of esters is 4. The molecule has 0 saturated carbocycles. The molecule has 174 valence electrons. The molecule has 2 atom stereocenters. The summed E-state index contributed by atoms with van der Waals surface area (Å²) in [7, 11) is 0. The molecule has 2 aromatic carbocycles. The maximum atomic E-state index is 11.7. The fraction of sp³-hybridized carbons (Fsp3) is 0.280. The molecule has 0 heterocycles. The molecule has 33 heavy (non-hydrogen) atoms. The maximum absolute atomic E-state index is 11.7. The average molecular weight is 454 g/mol. The quantitative estimate of drug-likeness (QED) is 0.416. The van der Waals surface area contributed by atoms with E-state index in [1.165, 1.54) is 27.7 Å². The van der Waals surface area contributed by atoms with Gasteiger partial charge >= 0.3 is 23.9 Å². The molecule has 0 aliphatic rings. The zero-order valence-electron chi connectivity index (χ0n) is 18.9. The first-order chi connectivity index (χ1) is 15.6. The van der Waals surface area contributed by atoms with Crippen molar-refractivity contribution in [3.8, 4) is 11.5 Å². The highest BCUT2D eigenvalue weighted by Gasteiger charge is 2.25. The Morgan fingerprint density at radius 3 is 1.70 bits per heavy atom. The molecule has 0 radical (unpaired) electrons. The molecule has 0 bridgehead atoms. The molecule has 0 aliphatic heterocycles. The minimum atomic E-state index is -0.789. The van der Waals surface area contributed by atoms with Crippen LogP contribution in [-0.4, -0.2) is 36.6 Å². The van der Waals surface area contributed by atoms with Gasteiger partial charge in [-0.2, -0.15) is 0 Å². The van der Waals surface area contributed by atoms with Gasteiger partial charge in [-0.15, -0.1) is 0 Å². The summed E-state index contributed by atoms with van der Waals surface area (Å²) in [6.45, 7) is 5.04.